The summed E-state index contributed by atoms with van der Waals surface area (Å²) in [6, 6.07) is 20.7. The van der Waals surface area contributed by atoms with Gasteiger partial charge in [0.2, 0.25) is 0 Å². The first kappa shape index (κ1) is 29.7. The van der Waals surface area contributed by atoms with E-state index in [1.165, 1.54) is 4.57 Å². The number of halogens is 1. The van der Waals surface area contributed by atoms with Crippen LogP contribution in [0.25, 0.3) is 17.5 Å². The maximum Gasteiger partial charge on any atom is 0.338 e. The van der Waals surface area contributed by atoms with Gasteiger partial charge in [0.25, 0.3) is 11.5 Å². The molecule has 1 amide bonds. The Morgan fingerprint density at radius 1 is 0.953 bits per heavy atom. The van der Waals surface area contributed by atoms with Gasteiger partial charge in [-0.3, -0.25) is 14.2 Å². The van der Waals surface area contributed by atoms with Gasteiger partial charge in [-0.25, -0.2) is 4.79 Å². The van der Waals surface area contributed by atoms with Gasteiger partial charge in [0.15, 0.2) is 0 Å². The minimum atomic E-state index is -0.954. The van der Waals surface area contributed by atoms with E-state index in [-0.39, 0.29) is 23.6 Å². The number of hydrogen-bond acceptors (Lipinski definition) is 8. The number of ether oxygens (including phenoxy) is 3. The molecule has 220 valence electrons. The third-order valence-corrected chi connectivity index (χ3v) is 8.21. The summed E-state index contributed by atoms with van der Waals surface area (Å²) >= 11 is 7.16. The number of nitrogens with zero attached hydrogens (tertiary/aromatic N) is 1. The Kier molecular flexibility index (Phi) is 8.70. The Hall–Kier alpha value is -4.80. The van der Waals surface area contributed by atoms with Crippen molar-refractivity contribution in [3.63, 3.8) is 0 Å². The highest BCUT2D eigenvalue weighted by Crippen LogP contribution is 2.38. The van der Waals surface area contributed by atoms with Crippen molar-refractivity contribution < 1.29 is 23.8 Å². The molecule has 0 saturated heterocycles. The zero-order valence-electron chi connectivity index (χ0n) is 23.6. The number of esters is 1. The number of nitrogens with two attached hydrogens (primary N) is 1. The van der Waals surface area contributed by atoms with Crippen LogP contribution in [0, 0.1) is 0 Å². The summed E-state index contributed by atoms with van der Waals surface area (Å²) in [5, 5.41) is 3.40. The summed E-state index contributed by atoms with van der Waals surface area (Å²) in [6.45, 7) is 1.74. The SMILES string of the molecule is CCOC(=O)C1=C(N)n2c(s/c(=C\c3ccc(OC)cc3)c2=O)=C(C(=O)Nc2ccc(Cl)cc2)C1c1ccc(OC)cc1. The van der Waals surface area contributed by atoms with Gasteiger partial charge in [0, 0.05) is 10.7 Å². The number of hydrogen-bond donors (Lipinski definition) is 2. The molecule has 0 fully saturated rings. The quantitative estimate of drug-likeness (QED) is 0.289. The number of anilines is 1. The second kappa shape index (κ2) is 12.6. The molecule has 1 aliphatic heterocycles. The van der Waals surface area contributed by atoms with E-state index in [0.717, 1.165) is 16.9 Å². The molecule has 1 unspecified atom stereocenters. The van der Waals surface area contributed by atoms with Crippen molar-refractivity contribution in [1.29, 1.82) is 0 Å². The van der Waals surface area contributed by atoms with Crippen LogP contribution in [0.5, 0.6) is 11.5 Å². The number of thiazole rings is 1. The normalized spacial score (nSPS) is 14.7. The van der Waals surface area contributed by atoms with Crippen LogP contribution in [-0.2, 0) is 14.3 Å². The van der Waals surface area contributed by atoms with Gasteiger partial charge in [-0.1, -0.05) is 35.9 Å². The van der Waals surface area contributed by atoms with E-state index in [1.54, 1.807) is 87.9 Å². The molecule has 1 atom stereocenters. The van der Waals surface area contributed by atoms with E-state index in [4.69, 9.17) is 31.5 Å². The number of nitrogens with one attached hydrogen (secondary N) is 1. The fourth-order valence-corrected chi connectivity index (χ4v) is 6.09. The van der Waals surface area contributed by atoms with Crippen molar-refractivity contribution in [3.05, 3.63) is 114 Å². The lowest BCUT2D eigenvalue weighted by Gasteiger charge is -2.27. The lowest BCUT2D eigenvalue weighted by atomic mass is 9.82. The first-order valence-electron chi connectivity index (χ1n) is 13.3. The fourth-order valence-electron chi connectivity index (χ4n) is 4.79. The van der Waals surface area contributed by atoms with Crippen LogP contribution in [0.2, 0.25) is 5.02 Å². The maximum atomic E-state index is 14.1. The molecular weight excluding hydrogens is 590 g/mol. The minimum Gasteiger partial charge on any atom is -0.497 e. The fraction of sp³-hybridized carbons (Fsp3) is 0.156. The van der Waals surface area contributed by atoms with Crippen LogP contribution in [0.3, 0.4) is 0 Å². The summed E-state index contributed by atoms with van der Waals surface area (Å²) in [5.74, 6) is -1.06. The zero-order valence-corrected chi connectivity index (χ0v) is 25.1. The standard InChI is InChI=1S/C32H28ClN3O6S/c1-4-42-32(39)26-25(19-7-15-23(41-3)16-8-19)27(29(37)35-21-11-9-20(33)10-12-21)31-36(28(26)34)30(38)24(43-31)17-18-5-13-22(40-2)14-6-18/h5-17,25H,4,34H2,1-3H3,(H,35,37)/b24-17-. The molecule has 11 heteroatoms. The second-order valence-electron chi connectivity index (χ2n) is 9.43. The van der Waals surface area contributed by atoms with Crippen LogP contribution in [0.15, 0.2) is 83.2 Å². The number of carbonyl (C=O) groups is 2. The van der Waals surface area contributed by atoms with Gasteiger partial charge in [0.1, 0.15) is 22.0 Å². The van der Waals surface area contributed by atoms with Crippen molar-refractivity contribution in [1.82, 2.24) is 4.57 Å². The minimum absolute atomic E-state index is 0.0170. The van der Waals surface area contributed by atoms with Crippen LogP contribution in [0.1, 0.15) is 24.0 Å². The number of rotatable bonds is 8. The molecule has 4 aromatic rings. The van der Waals surface area contributed by atoms with Crippen LogP contribution < -0.4 is 35.3 Å². The molecule has 0 saturated carbocycles. The molecule has 0 aliphatic carbocycles. The maximum absolute atomic E-state index is 14.1. The number of aromatic nitrogens is 1. The Balaban J connectivity index is 1.80. The van der Waals surface area contributed by atoms with Gasteiger partial charge in [0.05, 0.1) is 42.4 Å². The molecule has 5 rings (SSSR count). The third-order valence-electron chi connectivity index (χ3n) is 6.85. The van der Waals surface area contributed by atoms with Crippen molar-refractivity contribution >= 4 is 58.0 Å². The highest BCUT2D eigenvalue weighted by molar-refractivity contribution is 7.07. The van der Waals surface area contributed by atoms with Crippen LogP contribution in [0.4, 0.5) is 5.69 Å². The number of amides is 1. The van der Waals surface area contributed by atoms with Crippen molar-refractivity contribution in [2.24, 2.45) is 5.73 Å². The number of benzene rings is 3. The van der Waals surface area contributed by atoms with Crippen molar-refractivity contribution in [2.45, 2.75) is 12.8 Å². The summed E-state index contributed by atoms with van der Waals surface area (Å²) in [4.78, 5) is 41.5. The Bertz CT molecular complexity index is 1890. The molecular formula is C32H28ClN3O6S. The smallest absolute Gasteiger partial charge is 0.338 e. The molecule has 9 nitrogen and oxygen atoms in total. The molecule has 3 aromatic carbocycles. The van der Waals surface area contributed by atoms with E-state index in [1.807, 2.05) is 12.1 Å². The lowest BCUT2D eigenvalue weighted by molar-refractivity contribution is -0.138. The highest BCUT2D eigenvalue weighted by atomic mass is 35.5. The monoisotopic (exact) mass is 617 g/mol. The van der Waals surface area contributed by atoms with Gasteiger partial charge < -0.3 is 25.3 Å². The second-order valence-corrected chi connectivity index (χ2v) is 10.9. The molecule has 0 radical (unpaired) electrons. The Morgan fingerprint density at radius 2 is 1.56 bits per heavy atom. The summed E-state index contributed by atoms with van der Waals surface area (Å²) < 4.78 is 17.8. The number of methoxy groups -OCH3 is 2. The molecule has 43 heavy (non-hydrogen) atoms. The predicted octanol–water partition coefficient (Wildman–Crippen LogP) is 3.69. The summed E-state index contributed by atoms with van der Waals surface area (Å²) in [5.41, 5.74) is 8.09. The Labute approximate surface area is 256 Å². The van der Waals surface area contributed by atoms with Crippen LogP contribution >= 0.6 is 22.9 Å². The molecule has 2 heterocycles. The van der Waals surface area contributed by atoms with E-state index < -0.39 is 23.4 Å². The average molecular weight is 618 g/mol. The molecule has 0 spiro atoms. The van der Waals surface area contributed by atoms with Crippen molar-refractivity contribution in [2.75, 3.05) is 26.1 Å². The van der Waals surface area contributed by atoms with E-state index in [2.05, 4.69) is 5.32 Å². The van der Waals surface area contributed by atoms with Crippen molar-refractivity contribution in [3.8, 4) is 11.5 Å². The molecule has 0 bridgehead atoms. The zero-order chi connectivity index (χ0) is 30.7. The molecule has 3 N–H and O–H groups in total. The summed E-state index contributed by atoms with van der Waals surface area (Å²) in [6.07, 6.45) is 1.70. The van der Waals surface area contributed by atoms with E-state index >= 15 is 0 Å². The van der Waals surface area contributed by atoms with Gasteiger partial charge in [-0.15, -0.1) is 11.3 Å². The lowest BCUT2D eigenvalue weighted by Crippen LogP contribution is -2.42. The Morgan fingerprint density at radius 3 is 2.14 bits per heavy atom. The largest absolute Gasteiger partial charge is 0.497 e. The first-order valence-corrected chi connectivity index (χ1v) is 14.4. The molecule has 1 aliphatic rings. The van der Waals surface area contributed by atoms with Gasteiger partial charge in [-0.2, -0.15) is 0 Å². The molecule has 1 aromatic heterocycles. The topological polar surface area (TPSA) is 122 Å². The average Bonchev–Trinajstić information content (AvgIpc) is 3.33. The third kappa shape index (κ3) is 5.93. The number of carbonyl (C=O) groups excluding carboxylic acids is 2. The van der Waals surface area contributed by atoms with Gasteiger partial charge in [-0.05, 0) is 72.7 Å². The predicted molar refractivity (Wildman–Crippen MR) is 168 cm³/mol. The van der Waals surface area contributed by atoms with E-state index in [9.17, 15) is 14.4 Å². The number of fused-ring (bicyclic) bond motifs is 1. The first-order chi connectivity index (χ1) is 20.7. The van der Waals surface area contributed by atoms with Gasteiger partial charge >= 0.3 is 5.97 Å². The highest BCUT2D eigenvalue weighted by Gasteiger charge is 2.39. The van der Waals surface area contributed by atoms with E-state index in [0.29, 0.717) is 37.0 Å². The summed E-state index contributed by atoms with van der Waals surface area (Å²) in [7, 11) is 3.11. The van der Waals surface area contributed by atoms with Crippen LogP contribution in [-0.4, -0.2) is 37.3 Å².